The highest BCUT2D eigenvalue weighted by atomic mass is 35.5. The number of hydrogen-bond acceptors (Lipinski definition) is 6. The van der Waals surface area contributed by atoms with Gasteiger partial charge in [-0.15, -0.1) is 12.4 Å². The molecule has 0 aliphatic heterocycles. The molecule has 0 radical (unpaired) electrons. The maximum atomic E-state index is 12.2. The molecular formula is C21H17ClN4O3S. The summed E-state index contributed by atoms with van der Waals surface area (Å²) in [6.45, 7) is 1.47. The molecule has 2 N–H and O–H groups in total. The lowest BCUT2D eigenvalue weighted by molar-refractivity contribution is -0.113. The molecule has 0 saturated heterocycles. The SMILES string of the molecule is CC(=O)c1ccc(NC(=O)CSc2nc(-c3ccccc3)c(C#N)c(=O)[nH]2)cc1.Cl. The predicted molar refractivity (Wildman–Crippen MR) is 118 cm³/mol. The van der Waals surface area contributed by atoms with E-state index in [9.17, 15) is 19.6 Å². The third-order valence-electron chi connectivity index (χ3n) is 3.97. The fourth-order valence-electron chi connectivity index (χ4n) is 2.55. The van der Waals surface area contributed by atoms with Crippen molar-refractivity contribution in [1.29, 1.82) is 5.26 Å². The van der Waals surface area contributed by atoms with Gasteiger partial charge < -0.3 is 10.3 Å². The molecule has 0 aliphatic rings. The van der Waals surface area contributed by atoms with E-state index in [1.54, 1.807) is 48.5 Å². The van der Waals surface area contributed by atoms with Crippen molar-refractivity contribution in [2.45, 2.75) is 12.1 Å². The van der Waals surface area contributed by atoms with Crippen molar-refractivity contribution < 1.29 is 9.59 Å². The lowest BCUT2D eigenvalue weighted by atomic mass is 10.1. The number of benzene rings is 2. The first kappa shape index (κ1) is 22.9. The minimum Gasteiger partial charge on any atom is -0.325 e. The van der Waals surface area contributed by atoms with E-state index >= 15 is 0 Å². The highest BCUT2D eigenvalue weighted by molar-refractivity contribution is 7.99. The second-order valence-electron chi connectivity index (χ2n) is 6.04. The molecule has 3 aromatic rings. The molecule has 7 nitrogen and oxygen atoms in total. The Morgan fingerprint density at radius 1 is 1.13 bits per heavy atom. The van der Waals surface area contributed by atoms with Crippen LogP contribution in [0.2, 0.25) is 0 Å². The van der Waals surface area contributed by atoms with Gasteiger partial charge in [0.15, 0.2) is 10.9 Å². The number of ketones is 1. The van der Waals surface area contributed by atoms with Crippen molar-refractivity contribution in [2.24, 2.45) is 0 Å². The van der Waals surface area contributed by atoms with E-state index in [1.165, 1.54) is 6.92 Å². The van der Waals surface area contributed by atoms with E-state index in [2.05, 4.69) is 15.3 Å². The number of carbonyl (C=O) groups excluding carboxylic acids is 2. The molecule has 0 unspecified atom stereocenters. The van der Waals surface area contributed by atoms with Crippen molar-refractivity contribution in [2.75, 3.05) is 11.1 Å². The molecule has 3 rings (SSSR count). The Bertz CT molecular complexity index is 1160. The van der Waals surface area contributed by atoms with Crippen molar-refractivity contribution in [1.82, 2.24) is 9.97 Å². The molecule has 0 aliphatic carbocycles. The number of halogens is 1. The van der Waals surface area contributed by atoms with E-state index in [4.69, 9.17) is 0 Å². The molecule has 1 aromatic heterocycles. The summed E-state index contributed by atoms with van der Waals surface area (Å²) in [6.07, 6.45) is 0. The van der Waals surface area contributed by atoms with E-state index < -0.39 is 5.56 Å². The summed E-state index contributed by atoms with van der Waals surface area (Å²) in [5.41, 5.74) is 1.42. The van der Waals surface area contributed by atoms with Gasteiger partial charge in [0.05, 0.1) is 11.4 Å². The van der Waals surface area contributed by atoms with E-state index in [-0.39, 0.29) is 46.3 Å². The van der Waals surface area contributed by atoms with Crippen LogP contribution in [0.1, 0.15) is 22.8 Å². The fraction of sp³-hybridized carbons (Fsp3) is 0.0952. The summed E-state index contributed by atoms with van der Waals surface area (Å²) in [6, 6.07) is 17.4. The molecule has 152 valence electrons. The number of Topliss-reactive ketones (excluding diaryl/α,β-unsaturated/α-hetero) is 1. The fourth-order valence-corrected chi connectivity index (χ4v) is 3.21. The third kappa shape index (κ3) is 5.56. The minimum absolute atomic E-state index is 0. The summed E-state index contributed by atoms with van der Waals surface area (Å²) in [5.74, 6) is -0.334. The number of amides is 1. The molecule has 2 aromatic carbocycles. The van der Waals surface area contributed by atoms with Gasteiger partial charge >= 0.3 is 0 Å². The van der Waals surface area contributed by atoms with Gasteiger partial charge in [-0.05, 0) is 31.2 Å². The first-order valence-corrected chi connectivity index (χ1v) is 9.60. The van der Waals surface area contributed by atoms with Crippen molar-refractivity contribution >= 4 is 41.5 Å². The zero-order valence-corrected chi connectivity index (χ0v) is 17.5. The number of anilines is 1. The van der Waals surface area contributed by atoms with Crippen LogP contribution in [0.5, 0.6) is 0 Å². The molecule has 9 heteroatoms. The van der Waals surface area contributed by atoms with Crippen LogP contribution in [-0.2, 0) is 4.79 Å². The molecule has 0 bridgehead atoms. The zero-order chi connectivity index (χ0) is 20.8. The van der Waals surface area contributed by atoms with Crippen LogP contribution < -0.4 is 10.9 Å². The third-order valence-corrected chi connectivity index (χ3v) is 4.85. The Kier molecular flexibility index (Phi) is 7.92. The quantitative estimate of drug-likeness (QED) is 0.343. The van der Waals surface area contributed by atoms with Crippen molar-refractivity contribution in [3.63, 3.8) is 0 Å². The van der Waals surface area contributed by atoms with E-state index in [1.807, 2.05) is 12.1 Å². The number of hydrogen-bond donors (Lipinski definition) is 2. The molecule has 1 amide bonds. The highest BCUT2D eigenvalue weighted by Gasteiger charge is 2.14. The van der Waals surface area contributed by atoms with Gasteiger partial charge in [0, 0.05) is 16.8 Å². The number of aromatic nitrogens is 2. The summed E-state index contributed by atoms with van der Waals surface area (Å²) in [5, 5.41) is 12.2. The largest absolute Gasteiger partial charge is 0.325 e. The smallest absolute Gasteiger partial charge is 0.270 e. The first-order chi connectivity index (χ1) is 14.0. The summed E-state index contributed by atoms with van der Waals surface area (Å²) >= 11 is 1.06. The summed E-state index contributed by atoms with van der Waals surface area (Å²) in [7, 11) is 0. The van der Waals surface area contributed by atoms with Gasteiger partial charge in [0.25, 0.3) is 5.56 Å². The first-order valence-electron chi connectivity index (χ1n) is 8.61. The zero-order valence-electron chi connectivity index (χ0n) is 15.8. The summed E-state index contributed by atoms with van der Waals surface area (Å²) in [4.78, 5) is 42.6. The van der Waals surface area contributed by atoms with Crippen LogP contribution >= 0.6 is 24.2 Å². The topological polar surface area (TPSA) is 116 Å². The molecule has 0 saturated carbocycles. The molecule has 0 atom stereocenters. The highest BCUT2D eigenvalue weighted by Crippen LogP contribution is 2.22. The molecule has 0 spiro atoms. The van der Waals surface area contributed by atoms with Crippen LogP contribution in [0.25, 0.3) is 11.3 Å². The minimum atomic E-state index is -0.552. The molecule has 1 heterocycles. The second-order valence-corrected chi connectivity index (χ2v) is 7.01. The number of carbonyl (C=O) groups is 2. The van der Waals surface area contributed by atoms with Gasteiger partial charge in [0.1, 0.15) is 11.6 Å². The number of aromatic amines is 1. The monoisotopic (exact) mass is 440 g/mol. The summed E-state index contributed by atoms with van der Waals surface area (Å²) < 4.78 is 0. The molecule has 0 fully saturated rings. The van der Waals surface area contributed by atoms with E-state index in [0.717, 1.165) is 11.8 Å². The van der Waals surface area contributed by atoms with Crippen LogP contribution in [0, 0.1) is 11.3 Å². The van der Waals surface area contributed by atoms with Gasteiger partial charge in [-0.2, -0.15) is 5.26 Å². The van der Waals surface area contributed by atoms with Crippen LogP contribution in [0.4, 0.5) is 5.69 Å². The normalized spacial score (nSPS) is 9.87. The maximum absolute atomic E-state index is 12.2. The second kappa shape index (κ2) is 10.4. The number of nitrogens with one attached hydrogen (secondary N) is 2. The van der Waals surface area contributed by atoms with Gasteiger partial charge in [0.2, 0.25) is 5.91 Å². The van der Waals surface area contributed by atoms with Crippen molar-refractivity contribution in [3.05, 3.63) is 76.1 Å². The lowest BCUT2D eigenvalue weighted by Crippen LogP contribution is -2.17. The Balaban J connectivity index is 0.00000320. The molecule has 30 heavy (non-hydrogen) atoms. The predicted octanol–water partition coefficient (Wildman–Crippen LogP) is 3.66. The van der Waals surface area contributed by atoms with Crippen LogP contribution in [0.15, 0.2) is 64.5 Å². The lowest BCUT2D eigenvalue weighted by Gasteiger charge is -2.07. The van der Waals surface area contributed by atoms with Crippen LogP contribution in [0.3, 0.4) is 0 Å². The van der Waals surface area contributed by atoms with E-state index in [0.29, 0.717) is 16.8 Å². The molecular weight excluding hydrogens is 424 g/mol. The van der Waals surface area contributed by atoms with Crippen LogP contribution in [-0.4, -0.2) is 27.4 Å². The number of nitriles is 1. The van der Waals surface area contributed by atoms with Gasteiger partial charge in [-0.25, -0.2) is 4.98 Å². The number of thioether (sulfide) groups is 1. The Hall–Kier alpha value is -3.41. The maximum Gasteiger partial charge on any atom is 0.270 e. The average molecular weight is 441 g/mol. The Labute approximate surface area is 183 Å². The van der Waals surface area contributed by atoms with Gasteiger partial charge in [-0.3, -0.25) is 14.4 Å². The van der Waals surface area contributed by atoms with Crippen molar-refractivity contribution in [3.8, 4) is 17.3 Å². The Morgan fingerprint density at radius 3 is 2.40 bits per heavy atom. The average Bonchev–Trinajstić information content (AvgIpc) is 2.73. The number of H-pyrrole nitrogens is 1. The number of rotatable bonds is 6. The standard InChI is InChI=1S/C21H16N4O3S.ClH/c1-13(26)14-7-9-16(10-8-14)23-18(27)12-29-21-24-19(15-5-3-2-4-6-15)17(11-22)20(28)25-21;/h2-10H,12H2,1H3,(H,23,27)(H,24,25,28);1H. The number of nitrogens with zero attached hydrogens (tertiary/aromatic N) is 2. The van der Waals surface area contributed by atoms with Gasteiger partial charge in [-0.1, -0.05) is 42.1 Å². The Morgan fingerprint density at radius 2 is 1.80 bits per heavy atom.